The predicted octanol–water partition coefficient (Wildman–Crippen LogP) is 1.80. The van der Waals surface area contributed by atoms with Crippen LogP contribution in [-0.2, 0) is 14.9 Å². The van der Waals surface area contributed by atoms with Crippen molar-refractivity contribution in [2.45, 2.75) is 25.2 Å². The lowest BCUT2D eigenvalue weighted by molar-refractivity contribution is -0.132. The second kappa shape index (κ2) is 7.57. The number of ether oxygens (including phenoxy) is 1. The average molecular weight is 290 g/mol. The average Bonchev–Trinajstić information content (AvgIpc) is 2.52. The summed E-state index contributed by atoms with van der Waals surface area (Å²) >= 11 is 0. The topological polar surface area (TPSA) is 41.6 Å². The molecule has 1 fully saturated rings. The number of carbonyl (C=O) groups is 1. The fourth-order valence-corrected chi connectivity index (χ4v) is 3.01. The summed E-state index contributed by atoms with van der Waals surface area (Å²) in [6.45, 7) is 5.68. The summed E-state index contributed by atoms with van der Waals surface area (Å²) in [6, 6.07) is 10.5. The maximum Gasteiger partial charge on any atom is 0.236 e. The Balaban J connectivity index is 1.92. The van der Waals surface area contributed by atoms with Gasteiger partial charge in [-0.05, 0) is 18.4 Å². The fraction of sp³-hybridized carbons (Fsp3) is 0.588. The van der Waals surface area contributed by atoms with Crippen LogP contribution in [0.2, 0.25) is 0 Å². The quantitative estimate of drug-likeness (QED) is 0.812. The van der Waals surface area contributed by atoms with E-state index >= 15 is 0 Å². The van der Waals surface area contributed by atoms with Crippen LogP contribution in [0.1, 0.15) is 25.3 Å². The first kappa shape index (κ1) is 16.0. The lowest BCUT2D eigenvalue weighted by Gasteiger charge is -2.41. The van der Waals surface area contributed by atoms with Crippen LogP contribution < -0.4 is 5.32 Å². The maximum atomic E-state index is 12.3. The Kier molecular flexibility index (Phi) is 5.76. The van der Waals surface area contributed by atoms with Crippen molar-refractivity contribution < 1.29 is 9.53 Å². The normalized spacial score (nSPS) is 22.3. The van der Waals surface area contributed by atoms with Gasteiger partial charge >= 0.3 is 0 Å². The van der Waals surface area contributed by atoms with Gasteiger partial charge in [0.2, 0.25) is 5.91 Å². The minimum Gasteiger partial charge on any atom is -0.383 e. The Labute approximate surface area is 127 Å². The third kappa shape index (κ3) is 4.29. The highest BCUT2D eigenvalue weighted by molar-refractivity contribution is 5.78. The van der Waals surface area contributed by atoms with E-state index in [1.165, 1.54) is 5.56 Å². The number of amides is 1. The largest absolute Gasteiger partial charge is 0.383 e. The molecule has 0 radical (unpaired) electrons. The molecule has 1 aliphatic heterocycles. The first-order valence-electron chi connectivity index (χ1n) is 7.69. The molecule has 0 saturated carbocycles. The van der Waals surface area contributed by atoms with E-state index in [2.05, 4.69) is 36.5 Å². The van der Waals surface area contributed by atoms with Crippen molar-refractivity contribution in [2.75, 3.05) is 39.9 Å². The number of hydrogen-bond donors (Lipinski definition) is 1. The molecule has 1 saturated heterocycles. The van der Waals surface area contributed by atoms with E-state index in [4.69, 9.17) is 4.74 Å². The van der Waals surface area contributed by atoms with Gasteiger partial charge in [-0.2, -0.15) is 0 Å². The molecular formula is C17H26N2O2. The Morgan fingerprint density at radius 3 is 2.86 bits per heavy atom. The van der Waals surface area contributed by atoms with E-state index in [0.717, 1.165) is 25.9 Å². The van der Waals surface area contributed by atoms with E-state index in [9.17, 15) is 4.79 Å². The number of benzene rings is 1. The Morgan fingerprint density at radius 2 is 2.14 bits per heavy atom. The van der Waals surface area contributed by atoms with Crippen LogP contribution in [0.3, 0.4) is 0 Å². The summed E-state index contributed by atoms with van der Waals surface area (Å²) < 4.78 is 4.97. The van der Waals surface area contributed by atoms with Gasteiger partial charge in [0.15, 0.2) is 0 Å². The van der Waals surface area contributed by atoms with Crippen molar-refractivity contribution in [2.24, 2.45) is 0 Å². The lowest BCUT2D eigenvalue weighted by Crippen LogP contribution is -2.49. The maximum absolute atomic E-state index is 12.3. The van der Waals surface area contributed by atoms with Crippen LogP contribution in [0.25, 0.3) is 0 Å². The lowest BCUT2D eigenvalue weighted by atomic mass is 9.76. The first-order chi connectivity index (χ1) is 10.2. The number of piperidine rings is 1. The van der Waals surface area contributed by atoms with E-state index < -0.39 is 0 Å². The molecule has 1 aromatic carbocycles. The zero-order valence-electron chi connectivity index (χ0n) is 13.1. The summed E-state index contributed by atoms with van der Waals surface area (Å²) in [5.74, 6) is 0.188. The Bertz CT molecular complexity index is 449. The van der Waals surface area contributed by atoms with Gasteiger partial charge in [-0.15, -0.1) is 0 Å². The second-order valence-corrected chi connectivity index (χ2v) is 6.02. The molecule has 0 aromatic heterocycles. The van der Waals surface area contributed by atoms with E-state index in [1.54, 1.807) is 7.11 Å². The third-order valence-corrected chi connectivity index (χ3v) is 4.28. The van der Waals surface area contributed by atoms with Gasteiger partial charge in [0.05, 0.1) is 13.2 Å². The van der Waals surface area contributed by atoms with E-state index in [1.807, 2.05) is 11.0 Å². The highest BCUT2D eigenvalue weighted by Gasteiger charge is 2.34. The zero-order valence-corrected chi connectivity index (χ0v) is 13.1. The number of hydrogen-bond acceptors (Lipinski definition) is 3. The summed E-state index contributed by atoms with van der Waals surface area (Å²) in [4.78, 5) is 14.3. The zero-order chi connectivity index (χ0) is 15.1. The molecule has 2 rings (SSSR count). The van der Waals surface area contributed by atoms with Gasteiger partial charge in [0, 0.05) is 32.2 Å². The van der Waals surface area contributed by atoms with Crippen LogP contribution in [0.5, 0.6) is 0 Å². The molecule has 1 N–H and O–H groups in total. The van der Waals surface area contributed by atoms with Crippen molar-refractivity contribution in [3.05, 3.63) is 35.9 Å². The van der Waals surface area contributed by atoms with Crippen molar-refractivity contribution in [1.29, 1.82) is 0 Å². The number of carbonyl (C=O) groups excluding carboxylic acids is 1. The predicted molar refractivity (Wildman–Crippen MR) is 84.4 cm³/mol. The number of rotatable bonds is 6. The summed E-state index contributed by atoms with van der Waals surface area (Å²) in [6.07, 6.45) is 2.20. The molecule has 0 bridgehead atoms. The SMILES string of the molecule is COCCNCC(=O)N1CCCC(C)(c2ccccc2)C1. The van der Waals surface area contributed by atoms with E-state index in [-0.39, 0.29) is 11.3 Å². The molecule has 116 valence electrons. The molecule has 1 aromatic rings. The minimum atomic E-state index is 0.0711. The molecule has 1 amide bonds. The summed E-state index contributed by atoms with van der Waals surface area (Å²) in [7, 11) is 1.67. The second-order valence-electron chi connectivity index (χ2n) is 6.02. The monoisotopic (exact) mass is 290 g/mol. The van der Waals surface area contributed by atoms with Crippen LogP contribution in [-0.4, -0.2) is 50.7 Å². The summed E-state index contributed by atoms with van der Waals surface area (Å²) in [5, 5.41) is 3.13. The van der Waals surface area contributed by atoms with Crippen molar-refractivity contribution >= 4 is 5.91 Å². The van der Waals surface area contributed by atoms with Gasteiger partial charge in [-0.1, -0.05) is 37.3 Å². The fourth-order valence-electron chi connectivity index (χ4n) is 3.01. The number of nitrogens with one attached hydrogen (secondary N) is 1. The Hall–Kier alpha value is -1.39. The van der Waals surface area contributed by atoms with Crippen LogP contribution >= 0.6 is 0 Å². The Morgan fingerprint density at radius 1 is 1.38 bits per heavy atom. The summed E-state index contributed by atoms with van der Waals surface area (Å²) in [5.41, 5.74) is 1.40. The van der Waals surface area contributed by atoms with Gasteiger partial charge in [0.1, 0.15) is 0 Å². The van der Waals surface area contributed by atoms with Crippen molar-refractivity contribution in [3.8, 4) is 0 Å². The molecule has 1 unspecified atom stereocenters. The number of likely N-dealkylation sites (tertiary alicyclic amines) is 1. The molecule has 1 heterocycles. The molecule has 0 spiro atoms. The van der Waals surface area contributed by atoms with Crippen molar-refractivity contribution in [3.63, 3.8) is 0 Å². The van der Waals surface area contributed by atoms with Gasteiger partial charge in [-0.3, -0.25) is 4.79 Å². The number of methoxy groups -OCH3 is 1. The highest BCUT2D eigenvalue weighted by atomic mass is 16.5. The molecule has 4 heteroatoms. The standard InChI is InChI=1S/C17H26N2O2/c1-17(15-7-4-3-5-8-15)9-6-11-19(14-17)16(20)13-18-10-12-21-2/h3-5,7-8,18H,6,9-14H2,1-2H3. The molecule has 21 heavy (non-hydrogen) atoms. The van der Waals surface area contributed by atoms with Crippen molar-refractivity contribution in [1.82, 2.24) is 10.2 Å². The minimum absolute atomic E-state index is 0.0711. The van der Waals surface area contributed by atoms with E-state index in [0.29, 0.717) is 19.7 Å². The number of nitrogens with zero attached hydrogens (tertiary/aromatic N) is 1. The molecule has 1 aliphatic rings. The highest BCUT2D eigenvalue weighted by Crippen LogP contribution is 2.33. The molecular weight excluding hydrogens is 264 g/mol. The van der Waals surface area contributed by atoms with Crippen LogP contribution in [0.15, 0.2) is 30.3 Å². The first-order valence-corrected chi connectivity index (χ1v) is 7.69. The molecule has 4 nitrogen and oxygen atoms in total. The van der Waals surface area contributed by atoms with Gasteiger partial charge < -0.3 is 15.0 Å². The molecule has 0 aliphatic carbocycles. The third-order valence-electron chi connectivity index (χ3n) is 4.28. The van der Waals surface area contributed by atoms with Crippen LogP contribution in [0, 0.1) is 0 Å². The smallest absolute Gasteiger partial charge is 0.236 e. The van der Waals surface area contributed by atoms with Gasteiger partial charge in [0.25, 0.3) is 0 Å². The van der Waals surface area contributed by atoms with Crippen LogP contribution in [0.4, 0.5) is 0 Å². The van der Waals surface area contributed by atoms with Gasteiger partial charge in [-0.25, -0.2) is 0 Å². The molecule has 1 atom stereocenters.